The number of amides is 1. The van der Waals surface area contributed by atoms with Gasteiger partial charge in [-0.1, -0.05) is 34.1 Å². The largest absolute Gasteiger partial charge is 0.449 e. The van der Waals surface area contributed by atoms with Crippen LogP contribution in [0.1, 0.15) is 85.5 Å². The molecule has 35 heavy (non-hydrogen) atoms. The summed E-state index contributed by atoms with van der Waals surface area (Å²) in [5.74, 6) is 2.86. The lowest BCUT2D eigenvalue weighted by atomic mass is 9.41. The number of rotatable bonds is 6. The first-order valence-corrected chi connectivity index (χ1v) is 15.7. The minimum atomic E-state index is -3.62. The van der Waals surface area contributed by atoms with Crippen molar-refractivity contribution in [2.24, 2.45) is 52.3 Å². The zero-order valence-corrected chi connectivity index (χ0v) is 23.0. The summed E-state index contributed by atoms with van der Waals surface area (Å²) in [5, 5.41) is 22.2. The summed E-state index contributed by atoms with van der Waals surface area (Å²) in [5.41, 5.74) is 0.363. The molecule has 7 nitrogen and oxygen atoms in total. The molecule has 4 rings (SSSR count). The van der Waals surface area contributed by atoms with Gasteiger partial charge in [-0.3, -0.25) is 0 Å². The smallest absolute Gasteiger partial charge is 0.420 e. The molecule has 4 saturated carbocycles. The van der Waals surface area contributed by atoms with Crippen LogP contribution in [0, 0.1) is 52.3 Å². The van der Waals surface area contributed by atoms with Gasteiger partial charge < -0.3 is 14.9 Å². The van der Waals surface area contributed by atoms with Crippen LogP contribution in [-0.4, -0.2) is 49.8 Å². The van der Waals surface area contributed by atoms with Crippen molar-refractivity contribution in [3.05, 3.63) is 0 Å². The Labute approximate surface area is 211 Å². The van der Waals surface area contributed by atoms with Gasteiger partial charge in [-0.15, -0.1) is 0 Å². The number of carbonyl (C=O) groups excluding carboxylic acids is 1. The Balaban J connectivity index is 1.47. The molecule has 3 N–H and O–H groups in total. The van der Waals surface area contributed by atoms with Gasteiger partial charge >= 0.3 is 6.09 Å². The molecule has 0 aromatic heterocycles. The lowest BCUT2D eigenvalue weighted by Crippen LogP contribution is -2.62. The maximum absolute atomic E-state index is 11.8. The number of aliphatic hydroxyl groups excluding tert-OH is 2. The van der Waals surface area contributed by atoms with E-state index in [1.807, 2.05) is 4.72 Å². The van der Waals surface area contributed by atoms with E-state index in [1.165, 1.54) is 0 Å². The molecule has 0 heterocycles. The monoisotopic (exact) mass is 513 g/mol. The summed E-state index contributed by atoms with van der Waals surface area (Å²) in [6, 6.07) is 0. The van der Waals surface area contributed by atoms with E-state index in [-0.39, 0.29) is 35.6 Å². The molecule has 0 saturated heterocycles. The molecular formula is C27H47NO6S. The number of ether oxygens (including phenoxy) is 1. The van der Waals surface area contributed by atoms with Crippen LogP contribution in [0.2, 0.25) is 0 Å². The van der Waals surface area contributed by atoms with Crippen molar-refractivity contribution in [2.75, 3.05) is 12.9 Å². The highest BCUT2D eigenvalue weighted by atomic mass is 32.2. The minimum Gasteiger partial charge on any atom is -0.449 e. The summed E-state index contributed by atoms with van der Waals surface area (Å²) in [6.45, 7) is 9.54. The third-order valence-corrected chi connectivity index (χ3v) is 11.8. The Kier molecular flexibility index (Phi) is 7.60. The maximum atomic E-state index is 11.8. The Morgan fingerprint density at radius 3 is 2.37 bits per heavy atom. The molecule has 4 aliphatic rings. The average molecular weight is 514 g/mol. The van der Waals surface area contributed by atoms with Crippen molar-refractivity contribution in [3.8, 4) is 0 Å². The molecule has 0 spiro atoms. The second-order valence-electron chi connectivity index (χ2n) is 12.9. The van der Waals surface area contributed by atoms with E-state index in [9.17, 15) is 23.4 Å². The van der Waals surface area contributed by atoms with Crippen LogP contribution >= 0.6 is 0 Å². The third-order valence-electron chi connectivity index (χ3n) is 11.2. The van der Waals surface area contributed by atoms with E-state index in [1.54, 1.807) is 0 Å². The normalized spacial score (nSPS) is 46.1. The molecule has 11 atom stereocenters. The molecular weight excluding hydrogens is 466 g/mol. The summed E-state index contributed by atoms with van der Waals surface area (Å²) < 4.78 is 29.4. The van der Waals surface area contributed by atoms with Crippen LogP contribution in [-0.2, 0) is 14.8 Å². The summed E-state index contributed by atoms with van der Waals surface area (Å²) in [6.07, 6.45) is 8.54. The van der Waals surface area contributed by atoms with Crippen LogP contribution in [0.5, 0.6) is 0 Å². The number of hydrogen-bond donors (Lipinski definition) is 3. The fourth-order valence-electron chi connectivity index (χ4n) is 9.65. The molecule has 0 aromatic rings. The van der Waals surface area contributed by atoms with Gasteiger partial charge in [0.1, 0.15) is 0 Å². The van der Waals surface area contributed by atoms with Gasteiger partial charge in [0, 0.05) is 0 Å². The first-order valence-electron chi connectivity index (χ1n) is 13.8. The maximum Gasteiger partial charge on any atom is 0.420 e. The molecule has 202 valence electrons. The van der Waals surface area contributed by atoms with Gasteiger partial charge in [0.2, 0.25) is 10.0 Å². The van der Waals surface area contributed by atoms with Gasteiger partial charge in [0.15, 0.2) is 0 Å². The van der Waals surface area contributed by atoms with E-state index in [4.69, 9.17) is 4.74 Å². The second-order valence-corrected chi connectivity index (χ2v) is 14.6. The van der Waals surface area contributed by atoms with E-state index in [0.29, 0.717) is 41.9 Å². The summed E-state index contributed by atoms with van der Waals surface area (Å²) in [4.78, 5) is 11.7. The predicted octanol–water partition coefficient (Wildman–Crippen LogP) is 4.33. The van der Waals surface area contributed by atoms with E-state index < -0.39 is 16.1 Å². The first kappa shape index (κ1) is 27.2. The highest BCUT2D eigenvalue weighted by Gasteiger charge is 2.64. The lowest BCUT2D eigenvalue weighted by Gasteiger charge is -2.64. The van der Waals surface area contributed by atoms with Gasteiger partial charge in [-0.25, -0.2) is 17.9 Å². The molecule has 0 radical (unpaired) electrons. The number of nitrogens with one attached hydrogen (secondary N) is 1. The molecule has 4 fully saturated rings. The fraction of sp³-hybridized carbons (Fsp3) is 0.963. The van der Waals surface area contributed by atoms with Crippen molar-refractivity contribution in [2.45, 2.75) is 97.7 Å². The third kappa shape index (κ3) is 4.88. The van der Waals surface area contributed by atoms with Crippen molar-refractivity contribution in [1.29, 1.82) is 0 Å². The van der Waals surface area contributed by atoms with Crippen LogP contribution in [0.15, 0.2) is 0 Å². The van der Waals surface area contributed by atoms with E-state index >= 15 is 0 Å². The zero-order valence-electron chi connectivity index (χ0n) is 22.2. The van der Waals surface area contributed by atoms with Gasteiger partial charge in [0.05, 0.1) is 25.1 Å². The van der Waals surface area contributed by atoms with Gasteiger partial charge in [-0.05, 0) is 104 Å². The Bertz CT molecular complexity index is 894. The summed E-state index contributed by atoms with van der Waals surface area (Å²) in [7, 11) is -3.62. The number of sulfonamides is 1. The van der Waals surface area contributed by atoms with Gasteiger partial charge in [-0.2, -0.15) is 0 Å². The lowest BCUT2D eigenvalue weighted by molar-refractivity contribution is -0.203. The number of hydrogen-bond acceptors (Lipinski definition) is 6. The highest BCUT2D eigenvalue weighted by Crippen LogP contribution is 2.69. The second kappa shape index (κ2) is 9.79. The fourth-order valence-corrected chi connectivity index (χ4v) is 10.0. The number of aliphatic hydroxyl groups is 2. The Morgan fingerprint density at radius 1 is 1.06 bits per heavy atom. The minimum absolute atomic E-state index is 0.159. The molecule has 1 amide bonds. The van der Waals surface area contributed by atoms with Crippen LogP contribution in [0.3, 0.4) is 0 Å². The highest BCUT2D eigenvalue weighted by molar-refractivity contribution is 7.89. The van der Waals surface area contributed by atoms with Crippen molar-refractivity contribution in [1.82, 2.24) is 4.72 Å². The van der Waals surface area contributed by atoms with Gasteiger partial charge in [0.25, 0.3) is 0 Å². The molecule has 0 bridgehead atoms. The SMILES string of the molecule is CC[C@H]1[C@@H](O)[C@@H]2[C@H](CC[C@]3(C)[C@@H]([C@H](C)CCOC(=O)NS(C)(=O)=O)CC[C@@H]23)[C@@]2(C)CC[C@@H](O)C[C@@H]12. The van der Waals surface area contributed by atoms with Crippen molar-refractivity contribution < 1.29 is 28.2 Å². The average Bonchev–Trinajstić information content (AvgIpc) is 3.11. The Morgan fingerprint density at radius 2 is 1.71 bits per heavy atom. The molecule has 0 unspecified atom stereocenters. The summed E-state index contributed by atoms with van der Waals surface area (Å²) >= 11 is 0. The quantitative estimate of drug-likeness (QED) is 0.487. The number of fused-ring (bicyclic) bond motifs is 5. The standard InChI is InChI=1S/C27H47NO6S/c1-6-18-22-15-17(29)9-12-27(22,4)21-10-13-26(3)19(7-8-20(26)23(21)24(18)30)16(2)11-14-34-25(31)28-35(5,32)33/h16-24,29-30H,6-15H2,1-5H3,(H,28,31)/t16-,17-,18-,19-,20+,21+,22+,23+,24-,26-,27-/m1/s1. The topological polar surface area (TPSA) is 113 Å². The van der Waals surface area contributed by atoms with Crippen LogP contribution in [0.4, 0.5) is 4.79 Å². The molecule has 0 aliphatic heterocycles. The van der Waals surface area contributed by atoms with E-state index in [2.05, 4.69) is 27.7 Å². The molecule has 0 aromatic carbocycles. The zero-order chi connectivity index (χ0) is 25.8. The predicted molar refractivity (Wildman–Crippen MR) is 135 cm³/mol. The molecule has 4 aliphatic carbocycles. The van der Waals surface area contributed by atoms with Crippen molar-refractivity contribution >= 4 is 16.1 Å². The molecule has 8 heteroatoms. The number of carbonyl (C=O) groups is 1. The van der Waals surface area contributed by atoms with Crippen molar-refractivity contribution in [3.63, 3.8) is 0 Å². The first-order chi connectivity index (χ1) is 16.3. The van der Waals surface area contributed by atoms with Crippen LogP contribution in [0.25, 0.3) is 0 Å². The van der Waals surface area contributed by atoms with Crippen LogP contribution < -0.4 is 4.72 Å². The Hall–Kier alpha value is -0.860. The van der Waals surface area contributed by atoms with E-state index in [0.717, 1.165) is 57.6 Å².